The van der Waals surface area contributed by atoms with Crippen LogP contribution in [-0.2, 0) is 11.4 Å². The molecular formula is C14H14BrClN2OS. The van der Waals surface area contributed by atoms with E-state index in [0.717, 1.165) is 15.4 Å². The number of halogens is 2. The topological polar surface area (TPSA) is 48.3 Å². The van der Waals surface area contributed by atoms with Gasteiger partial charge in [-0.2, -0.15) is 0 Å². The summed E-state index contributed by atoms with van der Waals surface area (Å²) in [5, 5.41) is 1.31. The maximum absolute atomic E-state index is 11.9. The number of benzene rings is 1. The molecule has 1 heterocycles. The molecule has 1 aromatic heterocycles. The van der Waals surface area contributed by atoms with Crippen molar-refractivity contribution in [1.82, 2.24) is 4.98 Å². The van der Waals surface area contributed by atoms with E-state index in [2.05, 4.69) is 25.3 Å². The number of hydrogen-bond donors (Lipinski definition) is 0. The quantitative estimate of drug-likeness (QED) is 0.441. The smallest absolute Gasteiger partial charge is 0.144 e. The lowest BCUT2D eigenvalue weighted by Gasteiger charge is -2.17. The molecule has 2 rings (SSSR count). The first kappa shape index (κ1) is 15.8. The summed E-state index contributed by atoms with van der Waals surface area (Å²) in [5.41, 5.74) is 1.47. The van der Waals surface area contributed by atoms with E-state index in [1.807, 2.05) is 45.0 Å². The maximum atomic E-state index is 11.9. The van der Waals surface area contributed by atoms with Crippen LogP contribution in [0.15, 0.2) is 33.1 Å². The van der Waals surface area contributed by atoms with Gasteiger partial charge in [0.2, 0.25) is 0 Å². The second kappa shape index (κ2) is 6.02. The molecule has 0 spiro atoms. The van der Waals surface area contributed by atoms with E-state index in [9.17, 15) is 4.55 Å². The van der Waals surface area contributed by atoms with Crippen LogP contribution in [0.25, 0.3) is 10.9 Å². The average molecular weight is 374 g/mol. The van der Waals surface area contributed by atoms with Gasteiger partial charge in [0.05, 0.1) is 11.7 Å². The van der Waals surface area contributed by atoms with Gasteiger partial charge in [-0.25, -0.2) is 4.98 Å². The van der Waals surface area contributed by atoms with Crippen LogP contribution in [-0.4, -0.2) is 20.5 Å². The van der Waals surface area contributed by atoms with Crippen LogP contribution in [0.2, 0.25) is 5.15 Å². The lowest BCUT2D eigenvalue weighted by atomic mass is 10.2. The molecule has 1 atom stereocenters. The van der Waals surface area contributed by atoms with Crippen LogP contribution in [0, 0.1) is 0 Å². The summed E-state index contributed by atoms with van der Waals surface area (Å²) in [6.45, 7) is 5.62. The first-order valence-corrected chi connectivity index (χ1v) is 8.27. The molecule has 0 amide bonds. The van der Waals surface area contributed by atoms with Gasteiger partial charge in [0, 0.05) is 15.4 Å². The number of hydrogen-bond acceptors (Lipinski definition) is 3. The van der Waals surface area contributed by atoms with Gasteiger partial charge in [-0.1, -0.05) is 31.9 Å². The maximum Gasteiger partial charge on any atom is 0.144 e. The Hall–Kier alpha value is -0.620. The fraction of sp³-hybridized carbons (Fsp3) is 0.286. The molecule has 0 N–H and O–H groups in total. The molecule has 0 saturated heterocycles. The Kier molecular flexibility index (Phi) is 4.74. The van der Waals surface area contributed by atoms with Crippen LogP contribution in [0.3, 0.4) is 0 Å². The second-order valence-corrected chi connectivity index (χ2v) is 8.51. The highest BCUT2D eigenvalue weighted by atomic mass is 79.9. The average Bonchev–Trinajstić information content (AvgIpc) is 2.35. The van der Waals surface area contributed by atoms with E-state index in [-0.39, 0.29) is 0 Å². The van der Waals surface area contributed by atoms with Gasteiger partial charge < -0.3 is 4.55 Å². The highest BCUT2D eigenvalue weighted by Crippen LogP contribution is 2.23. The zero-order valence-electron chi connectivity index (χ0n) is 11.4. The number of aromatic nitrogens is 1. The zero-order chi connectivity index (χ0) is 14.9. The van der Waals surface area contributed by atoms with E-state index < -0.39 is 16.1 Å². The Morgan fingerprint density at radius 1 is 1.35 bits per heavy atom. The van der Waals surface area contributed by atoms with Gasteiger partial charge >= 0.3 is 0 Å². The minimum atomic E-state index is -1.31. The van der Waals surface area contributed by atoms with Crippen molar-refractivity contribution in [3.8, 4) is 0 Å². The molecular weight excluding hydrogens is 360 g/mol. The van der Waals surface area contributed by atoms with Gasteiger partial charge in [0.1, 0.15) is 21.3 Å². The number of pyridine rings is 1. The lowest BCUT2D eigenvalue weighted by Crippen LogP contribution is -2.25. The highest BCUT2D eigenvalue weighted by molar-refractivity contribution is 9.10. The molecule has 3 nitrogen and oxygen atoms in total. The minimum Gasteiger partial charge on any atom is -0.591 e. The highest BCUT2D eigenvalue weighted by Gasteiger charge is 2.25. The third-order valence-corrected chi connectivity index (χ3v) is 4.71. The molecule has 0 aliphatic carbocycles. The molecule has 106 valence electrons. The molecule has 0 fully saturated rings. The molecule has 0 aliphatic rings. The van der Waals surface area contributed by atoms with Crippen molar-refractivity contribution in [3.63, 3.8) is 0 Å². The number of rotatable bonds is 2. The summed E-state index contributed by atoms with van der Waals surface area (Å²) < 4.78 is 16.6. The summed E-state index contributed by atoms with van der Waals surface area (Å²) in [4.78, 5) is 4.31. The Labute approximate surface area is 134 Å². The predicted octanol–water partition coefficient (Wildman–Crippen LogP) is 4.53. The third-order valence-electron chi connectivity index (χ3n) is 2.57. The molecule has 6 heteroatoms. The number of fused-ring (bicyclic) bond motifs is 1. The van der Waals surface area contributed by atoms with E-state index >= 15 is 0 Å². The van der Waals surface area contributed by atoms with Crippen molar-refractivity contribution in [1.29, 1.82) is 0 Å². The van der Waals surface area contributed by atoms with Crippen molar-refractivity contribution in [2.75, 3.05) is 0 Å². The Morgan fingerprint density at radius 3 is 2.70 bits per heavy atom. The van der Waals surface area contributed by atoms with Crippen molar-refractivity contribution in [2.24, 2.45) is 4.40 Å². The van der Waals surface area contributed by atoms with Crippen LogP contribution in [0.4, 0.5) is 0 Å². The molecule has 0 unspecified atom stereocenters. The fourth-order valence-corrected chi connectivity index (χ4v) is 2.59. The largest absolute Gasteiger partial charge is 0.591 e. The first-order valence-electron chi connectivity index (χ1n) is 5.99. The molecule has 20 heavy (non-hydrogen) atoms. The van der Waals surface area contributed by atoms with Gasteiger partial charge in [0.15, 0.2) is 0 Å². The lowest BCUT2D eigenvalue weighted by molar-refractivity contribution is 0.562. The van der Waals surface area contributed by atoms with Crippen LogP contribution < -0.4 is 0 Å². The monoisotopic (exact) mass is 372 g/mol. The van der Waals surface area contributed by atoms with Crippen molar-refractivity contribution in [2.45, 2.75) is 25.5 Å². The van der Waals surface area contributed by atoms with E-state index in [1.54, 1.807) is 0 Å². The van der Waals surface area contributed by atoms with Crippen molar-refractivity contribution in [3.05, 3.63) is 39.5 Å². The normalized spacial score (nSPS) is 14.1. The summed E-state index contributed by atoms with van der Waals surface area (Å²) in [6, 6.07) is 7.64. The summed E-state index contributed by atoms with van der Waals surface area (Å²) in [7, 11) is 0. The molecule has 0 bridgehead atoms. The second-order valence-electron chi connectivity index (χ2n) is 5.30. The fourth-order valence-electron chi connectivity index (χ4n) is 1.49. The van der Waals surface area contributed by atoms with Crippen LogP contribution >= 0.6 is 27.5 Å². The van der Waals surface area contributed by atoms with Crippen molar-refractivity contribution >= 4 is 56.0 Å². The molecule has 0 saturated carbocycles. The molecule has 2 aromatic rings. The standard InChI is InChI=1S/C14H14BrClN2OS/c1-14(2,3)20(19)17-8-10-6-9-7-11(15)4-5-12(9)18-13(10)16/h4-8H,1-3H3/t20-/m0/s1. The summed E-state index contributed by atoms with van der Waals surface area (Å²) in [6.07, 6.45) is 1.52. The van der Waals surface area contributed by atoms with Gasteiger partial charge in [-0.05, 0) is 45.0 Å². The zero-order valence-corrected chi connectivity index (χ0v) is 14.5. The Balaban J connectivity index is 2.39. The molecule has 0 radical (unpaired) electrons. The van der Waals surface area contributed by atoms with Crippen molar-refractivity contribution < 1.29 is 4.55 Å². The van der Waals surface area contributed by atoms with Gasteiger partial charge in [0.25, 0.3) is 0 Å². The van der Waals surface area contributed by atoms with Gasteiger partial charge in [-0.15, -0.1) is 0 Å². The Bertz CT molecular complexity index is 670. The molecule has 1 aromatic carbocycles. The molecule has 0 aliphatic heterocycles. The summed E-state index contributed by atoms with van der Waals surface area (Å²) in [5.74, 6) is 0. The SMILES string of the molecule is CC(C)(C)[S@+]([O-])N=Cc1cc2cc(Br)ccc2nc1Cl. The minimum absolute atomic E-state index is 0.356. The Morgan fingerprint density at radius 2 is 2.05 bits per heavy atom. The third kappa shape index (κ3) is 3.73. The van der Waals surface area contributed by atoms with E-state index in [0.29, 0.717) is 10.7 Å². The predicted molar refractivity (Wildman–Crippen MR) is 89.9 cm³/mol. The number of nitrogens with zero attached hydrogens (tertiary/aromatic N) is 2. The summed E-state index contributed by atoms with van der Waals surface area (Å²) >= 11 is 8.24. The van der Waals surface area contributed by atoms with E-state index in [4.69, 9.17) is 11.6 Å². The van der Waals surface area contributed by atoms with Gasteiger partial charge in [-0.3, -0.25) is 0 Å². The van der Waals surface area contributed by atoms with Crippen LogP contribution in [0.5, 0.6) is 0 Å². The van der Waals surface area contributed by atoms with E-state index in [1.165, 1.54) is 6.21 Å². The van der Waals surface area contributed by atoms with Crippen LogP contribution in [0.1, 0.15) is 26.3 Å². The first-order chi connectivity index (χ1) is 9.27.